The van der Waals surface area contributed by atoms with Gasteiger partial charge >= 0.3 is 0 Å². The highest BCUT2D eigenvalue weighted by Crippen LogP contribution is 2.26. The van der Waals surface area contributed by atoms with Crippen LogP contribution in [0.2, 0.25) is 0 Å². The maximum atomic E-state index is 5.62. The van der Waals surface area contributed by atoms with Gasteiger partial charge in [-0.1, -0.05) is 6.92 Å². The maximum Gasteiger partial charge on any atom is 0.223 e. The van der Waals surface area contributed by atoms with Crippen LogP contribution in [0.3, 0.4) is 0 Å². The molecule has 0 radical (unpaired) electrons. The summed E-state index contributed by atoms with van der Waals surface area (Å²) >= 11 is 0. The fourth-order valence-corrected chi connectivity index (χ4v) is 2.45. The zero-order valence-electron chi connectivity index (χ0n) is 12.2. The molecule has 1 saturated heterocycles. The molecule has 2 heterocycles. The number of anilines is 1. The summed E-state index contributed by atoms with van der Waals surface area (Å²) in [6, 6.07) is 1.97. The van der Waals surface area contributed by atoms with Crippen molar-refractivity contribution in [2.24, 2.45) is 5.92 Å². The lowest BCUT2D eigenvalue weighted by Crippen LogP contribution is -2.30. The lowest BCUT2D eigenvalue weighted by molar-refractivity contribution is -0.153. The number of rotatable bonds is 5. The molecule has 0 aliphatic carbocycles. The van der Waals surface area contributed by atoms with Gasteiger partial charge in [-0.2, -0.15) is 0 Å². The molecule has 1 aliphatic heterocycles. The zero-order valence-corrected chi connectivity index (χ0v) is 12.2. The summed E-state index contributed by atoms with van der Waals surface area (Å²) in [5.74, 6) is 0.695. The van der Waals surface area contributed by atoms with Crippen molar-refractivity contribution in [1.29, 1.82) is 0 Å². The molecule has 106 valence electrons. The van der Waals surface area contributed by atoms with Gasteiger partial charge in [0.25, 0.3) is 0 Å². The third-order valence-electron chi connectivity index (χ3n) is 3.21. The Morgan fingerprint density at radius 2 is 1.84 bits per heavy atom. The molecular formula is C14H23N3O2. The number of hydrogen-bond acceptors (Lipinski definition) is 5. The van der Waals surface area contributed by atoms with E-state index in [0.717, 1.165) is 24.4 Å². The van der Waals surface area contributed by atoms with E-state index in [4.69, 9.17) is 9.47 Å². The van der Waals surface area contributed by atoms with Gasteiger partial charge in [-0.15, -0.1) is 0 Å². The van der Waals surface area contributed by atoms with E-state index < -0.39 is 5.79 Å². The third-order valence-corrected chi connectivity index (χ3v) is 3.21. The fraction of sp³-hybridized carbons (Fsp3) is 0.714. The summed E-state index contributed by atoms with van der Waals surface area (Å²) in [6.07, 6.45) is 0.866. The SMILES string of the molecule is Cc1cc(C)nc(NC[C@@H](C)CC2(C)OCCO2)n1. The first kappa shape index (κ1) is 14.2. The number of ether oxygens (including phenoxy) is 2. The molecule has 0 spiro atoms. The number of aryl methyl sites for hydroxylation is 2. The lowest BCUT2D eigenvalue weighted by Gasteiger charge is -2.26. The van der Waals surface area contributed by atoms with Crippen LogP contribution in [0.5, 0.6) is 0 Å². The monoisotopic (exact) mass is 265 g/mol. The van der Waals surface area contributed by atoms with Gasteiger partial charge in [0.1, 0.15) is 0 Å². The lowest BCUT2D eigenvalue weighted by atomic mass is 10.0. The number of nitrogens with one attached hydrogen (secondary N) is 1. The summed E-state index contributed by atoms with van der Waals surface area (Å²) in [7, 11) is 0. The molecular weight excluding hydrogens is 242 g/mol. The highest BCUT2D eigenvalue weighted by Gasteiger charge is 2.32. The molecule has 0 aromatic carbocycles. The molecule has 1 N–H and O–H groups in total. The first-order valence-corrected chi connectivity index (χ1v) is 6.81. The summed E-state index contributed by atoms with van der Waals surface area (Å²) in [5.41, 5.74) is 1.97. The van der Waals surface area contributed by atoms with Crippen LogP contribution in [-0.2, 0) is 9.47 Å². The Hall–Kier alpha value is -1.20. The van der Waals surface area contributed by atoms with Gasteiger partial charge in [0.2, 0.25) is 5.95 Å². The standard InChI is InChI=1S/C14H23N3O2/c1-10(8-14(4)18-5-6-19-14)9-15-13-16-11(2)7-12(3)17-13/h7,10H,5-6,8-9H2,1-4H3,(H,15,16,17)/t10-/m0/s1. The molecule has 1 aliphatic rings. The summed E-state index contributed by atoms with van der Waals surface area (Å²) in [5, 5.41) is 3.28. The molecule has 0 saturated carbocycles. The van der Waals surface area contributed by atoms with E-state index in [1.165, 1.54) is 0 Å². The van der Waals surface area contributed by atoms with E-state index in [1.54, 1.807) is 0 Å². The minimum atomic E-state index is -0.426. The van der Waals surface area contributed by atoms with E-state index in [0.29, 0.717) is 25.1 Å². The van der Waals surface area contributed by atoms with Crippen molar-refractivity contribution in [3.8, 4) is 0 Å². The molecule has 19 heavy (non-hydrogen) atoms. The Bertz CT molecular complexity index is 410. The second kappa shape index (κ2) is 5.84. The fourth-order valence-electron chi connectivity index (χ4n) is 2.45. The Morgan fingerprint density at radius 1 is 1.26 bits per heavy atom. The molecule has 5 nitrogen and oxygen atoms in total. The van der Waals surface area contributed by atoms with Gasteiger partial charge in [-0.05, 0) is 32.8 Å². The van der Waals surface area contributed by atoms with Gasteiger partial charge in [0, 0.05) is 24.4 Å². The number of nitrogens with zero attached hydrogens (tertiary/aromatic N) is 2. The van der Waals surface area contributed by atoms with Gasteiger partial charge < -0.3 is 14.8 Å². The molecule has 1 fully saturated rings. The smallest absolute Gasteiger partial charge is 0.223 e. The molecule has 1 aromatic heterocycles. The molecule has 0 amide bonds. The Kier molecular flexibility index (Phi) is 4.37. The molecule has 5 heteroatoms. The highest BCUT2D eigenvalue weighted by atomic mass is 16.7. The summed E-state index contributed by atoms with van der Waals surface area (Å²) in [6.45, 7) is 10.3. The van der Waals surface area contributed by atoms with Crippen molar-refractivity contribution >= 4 is 5.95 Å². The third kappa shape index (κ3) is 4.14. The molecule has 1 atom stereocenters. The molecule has 2 rings (SSSR count). The largest absolute Gasteiger partial charge is 0.354 e. The second-order valence-corrected chi connectivity index (χ2v) is 5.50. The van der Waals surface area contributed by atoms with Crippen LogP contribution < -0.4 is 5.32 Å². The van der Waals surface area contributed by atoms with E-state index in [2.05, 4.69) is 22.2 Å². The molecule has 0 unspecified atom stereocenters. The average Bonchev–Trinajstić information content (AvgIpc) is 2.72. The average molecular weight is 265 g/mol. The highest BCUT2D eigenvalue weighted by molar-refractivity contribution is 5.27. The van der Waals surface area contributed by atoms with Crippen LogP contribution in [0.15, 0.2) is 6.07 Å². The Morgan fingerprint density at radius 3 is 2.42 bits per heavy atom. The van der Waals surface area contributed by atoms with Crippen molar-refractivity contribution in [2.75, 3.05) is 25.1 Å². The summed E-state index contributed by atoms with van der Waals surface area (Å²) in [4.78, 5) is 8.74. The maximum absolute atomic E-state index is 5.62. The number of hydrogen-bond donors (Lipinski definition) is 1. The first-order valence-electron chi connectivity index (χ1n) is 6.81. The van der Waals surface area contributed by atoms with Gasteiger partial charge in [0.15, 0.2) is 5.79 Å². The van der Waals surface area contributed by atoms with Gasteiger partial charge in [-0.3, -0.25) is 0 Å². The van der Waals surface area contributed by atoms with Crippen LogP contribution >= 0.6 is 0 Å². The van der Waals surface area contributed by atoms with E-state index in [1.807, 2.05) is 26.8 Å². The van der Waals surface area contributed by atoms with E-state index >= 15 is 0 Å². The Balaban J connectivity index is 1.84. The minimum Gasteiger partial charge on any atom is -0.354 e. The topological polar surface area (TPSA) is 56.3 Å². The molecule has 1 aromatic rings. The zero-order chi connectivity index (χ0) is 13.9. The molecule has 0 bridgehead atoms. The normalized spacial score (nSPS) is 19.4. The quantitative estimate of drug-likeness (QED) is 0.885. The summed E-state index contributed by atoms with van der Waals surface area (Å²) < 4.78 is 11.2. The number of aromatic nitrogens is 2. The van der Waals surface area contributed by atoms with Gasteiger partial charge in [0.05, 0.1) is 13.2 Å². The van der Waals surface area contributed by atoms with Crippen molar-refractivity contribution < 1.29 is 9.47 Å². The van der Waals surface area contributed by atoms with E-state index in [-0.39, 0.29) is 0 Å². The first-order chi connectivity index (χ1) is 8.97. The van der Waals surface area contributed by atoms with Crippen LogP contribution in [0.1, 0.15) is 31.7 Å². The van der Waals surface area contributed by atoms with Crippen LogP contribution in [-0.4, -0.2) is 35.5 Å². The van der Waals surface area contributed by atoms with Crippen molar-refractivity contribution in [3.05, 3.63) is 17.5 Å². The van der Waals surface area contributed by atoms with Crippen LogP contribution in [0.4, 0.5) is 5.95 Å². The van der Waals surface area contributed by atoms with Crippen molar-refractivity contribution in [1.82, 2.24) is 9.97 Å². The predicted molar refractivity (Wildman–Crippen MR) is 74.1 cm³/mol. The van der Waals surface area contributed by atoms with Gasteiger partial charge in [-0.25, -0.2) is 9.97 Å². The van der Waals surface area contributed by atoms with Crippen LogP contribution in [0.25, 0.3) is 0 Å². The van der Waals surface area contributed by atoms with Crippen molar-refractivity contribution in [3.63, 3.8) is 0 Å². The minimum absolute atomic E-state index is 0.424. The van der Waals surface area contributed by atoms with E-state index in [9.17, 15) is 0 Å². The Labute approximate surface area is 114 Å². The predicted octanol–water partition coefficient (Wildman–Crippen LogP) is 2.29. The van der Waals surface area contributed by atoms with Crippen molar-refractivity contribution in [2.45, 2.75) is 39.9 Å². The van der Waals surface area contributed by atoms with Crippen LogP contribution in [0, 0.1) is 19.8 Å². The second-order valence-electron chi connectivity index (χ2n) is 5.50.